The number of pyridine rings is 1. The molecule has 5 nitrogen and oxygen atoms in total. The Labute approximate surface area is 117 Å². The number of aliphatic carboxylic acids is 1. The molecule has 0 amide bonds. The van der Waals surface area contributed by atoms with Crippen LogP contribution in [0.25, 0.3) is 0 Å². The van der Waals surface area contributed by atoms with Gasteiger partial charge in [-0.1, -0.05) is 17.7 Å². The predicted molar refractivity (Wildman–Crippen MR) is 71.2 cm³/mol. The van der Waals surface area contributed by atoms with E-state index < -0.39 is 12.0 Å². The quantitative estimate of drug-likeness (QED) is 0.814. The Hall–Kier alpha value is -0.880. The van der Waals surface area contributed by atoms with Gasteiger partial charge >= 0.3 is 5.97 Å². The largest absolute Gasteiger partial charge is 0.480 e. The Morgan fingerprint density at radius 3 is 3.00 bits per heavy atom. The molecule has 0 spiro atoms. The molecule has 0 radical (unpaired) electrons. The molecule has 2 N–H and O–H groups in total. The van der Waals surface area contributed by atoms with Gasteiger partial charge in [-0.15, -0.1) is 12.4 Å². The van der Waals surface area contributed by atoms with Crippen LogP contribution in [0.1, 0.15) is 5.56 Å². The number of nitrogens with one attached hydrogen (secondary N) is 1. The second-order valence-electron chi connectivity index (χ2n) is 4.02. The fourth-order valence-corrected chi connectivity index (χ4v) is 2.03. The summed E-state index contributed by atoms with van der Waals surface area (Å²) in [5, 5.41) is 12.6. The first-order valence-electron chi connectivity index (χ1n) is 5.45. The van der Waals surface area contributed by atoms with Crippen LogP contribution in [0.4, 0.5) is 0 Å². The van der Waals surface area contributed by atoms with Gasteiger partial charge in [0.15, 0.2) is 0 Å². The molecule has 1 aliphatic rings. The van der Waals surface area contributed by atoms with Crippen LogP contribution in [0, 0.1) is 0 Å². The number of halogens is 2. The smallest absolute Gasteiger partial charge is 0.322 e. The number of hydrogen-bond donors (Lipinski definition) is 2. The molecule has 0 aliphatic carbocycles. The molecule has 0 saturated carbocycles. The number of carbonyl (C=O) groups is 1. The molecule has 2 heterocycles. The number of hydrogen-bond acceptors (Lipinski definition) is 4. The van der Waals surface area contributed by atoms with Crippen LogP contribution in [0.5, 0.6) is 0 Å². The zero-order valence-electron chi connectivity index (χ0n) is 9.67. The van der Waals surface area contributed by atoms with E-state index >= 15 is 0 Å². The van der Waals surface area contributed by atoms with Crippen molar-refractivity contribution in [2.45, 2.75) is 12.6 Å². The van der Waals surface area contributed by atoms with Gasteiger partial charge in [-0.2, -0.15) is 0 Å². The van der Waals surface area contributed by atoms with Gasteiger partial charge in [-0.05, 0) is 11.6 Å². The minimum atomic E-state index is -0.792. The van der Waals surface area contributed by atoms with Gasteiger partial charge in [-0.3, -0.25) is 9.69 Å². The summed E-state index contributed by atoms with van der Waals surface area (Å²) in [5.41, 5.74) is 0.975. The molecule has 7 heteroatoms. The molecule has 1 aromatic heterocycles. The van der Waals surface area contributed by atoms with Crippen LogP contribution < -0.4 is 5.32 Å². The van der Waals surface area contributed by atoms with E-state index in [1.165, 1.54) is 0 Å². The molecule has 1 unspecified atom stereocenters. The number of aromatic nitrogens is 1. The number of carboxylic acids is 1. The lowest BCUT2D eigenvalue weighted by Gasteiger charge is -2.33. The normalized spacial score (nSPS) is 20.2. The van der Waals surface area contributed by atoms with Crippen LogP contribution in [-0.2, 0) is 11.3 Å². The molecule has 1 saturated heterocycles. The minimum absolute atomic E-state index is 0. The van der Waals surface area contributed by atoms with E-state index in [0.29, 0.717) is 18.2 Å². The van der Waals surface area contributed by atoms with Crippen molar-refractivity contribution >= 4 is 30.0 Å². The molecule has 100 valence electrons. The highest BCUT2D eigenvalue weighted by atomic mass is 35.5. The summed E-state index contributed by atoms with van der Waals surface area (Å²) in [6.45, 7) is 2.60. The average molecular weight is 292 g/mol. The van der Waals surface area contributed by atoms with Crippen LogP contribution in [-0.4, -0.2) is 46.6 Å². The second-order valence-corrected chi connectivity index (χ2v) is 4.41. The summed E-state index contributed by atoms with van der Waals surface area (Å²) < 4.78 is 0. The summed E-state index contributed by atoms with van der Waals surface area (Å²) in [6, 6.07) is 3.12. The molecule has 0 aromatic carbocycles. The van der Waals surface area contributed by atoms with Crippen LogP contribution in [0.2, 0.25) is 5.15 Å². The number of rotatable bonds is 3. The van der Waals surface area contributed by atoms with Gasteiger partial charge in [-0.25, -0.2) is 4.98 Å². The molecule has 1 aliphatic heterocycles. The van der Waals surface area contributed by atoms with Gasteiger partial charge in [0.25, 0.3) is 0 Å². The van der Waals surface area contributed by atoms with Crippen molar-refractivity contribution < 1.29 is 9.90 Å². The number of piperazine rings is 1. The Morgan fingerprint density at radius 2 is 2.39 bits per heavy atom. The molecule has 1 fully saturated rings. The van der Waals surface area contributed by atoms with Crippen LogP contribution in [0.3, 0.4) is 0 Å². The second kappa shape index (κ2) is 6.89. The summed E-state index contributed by atoms with van der Waals surface area (Å²) in [5.74, 6) is -0.792. The van der Waals surface area contributed by atoms with Crippen LogP contribution in [0.15, 0.2) is 18.3 Å². The SMILES string of the molecule is Cl.O=C(O)C1CNCCN1Cc1ccc(Cl)nc1. The van der Waals surface area contributed by atoms with Crippen molar-refractivity contribution in [1.29, 1.82) is 0 Å². The summed E-state index contributed by atoms with van der Waals surface area (Å²) >= 11 is 5.70. The Kier molecular flexibility index (Phi) is 5.81. The average Bonchev–Trinajstić information content (AvgIpc) is 2.32. The highest BCUT2D eigenvalue weighted by Crippen LogP contribution is 2.11. The Balaban J connectivity index is 0.00000162. The minimum Gasteiger partial charge on any atom is -0.480 e. The monoisotopic (exact) mass is 291 g/mol. The van der Waals surface area contributed by atoms with E-state index in [2.05, 4.69) is 10.3 Å². The maximum atomic E-state index is 11.1. The van der Waals surface area contributed by atoms with Crippen molar-refractivity contribution in [2.24, 2.45) is 0 Å². The Bertz CT molecular complexity index is 400. The Morgan fingerprint density at radius 1 is 1.61 bits per heavy atom. The lowest BCUT2D eigenvalue weighted by molar-refractivity contribution is -0.144. The molecule has 0 bridgehead atoms. The van der Waals surface area contributed by atoms with E-state index in [-0.39, 0.29) is 12.4 Å². The predicted octanol–water partition coefficient (Wildman–Crippen LogP) is 1.02. The molecule has 1 atom stereocenters. The first kappa shape index (κ1) is 15.2. The lowest BCUT2D eigenvalue weighted by atomic mass is 10.1. The fraction of sp³-hybridized carbons (Fsp3) is 0.455. The van der Waals surface area contributed by atoms with E-state index in [4.69, 9.17) is 16.7 Å². The summed E-state index contributed by atoms with van der Waals surface area (Å²) in [6.07, 6.45) is 1.68. The maximum absolute atomic E-state index is 11.1. The molecule has 18 heavy (non-hydrogen) atoms. The van der Waals surface area contributed by atoms with E-state index in [1.54, 1.807) is 12.3 Å². The van der Waals surface area contributed by atoms with E-state index in [9.17, 15) is 4.79 Å². The van der Waals surface area contributed by atoms with E-state index in [0.717, 1.165) is 18.7 Å². The first-order chi connectivity index (χ1) is 8.16. The third-order valence-corrected chi connectivity index (χ3v) is 3.04. The van der Waals surface area contributed by atoms with Crippen molar-refractivity contribution in [1.82, 2.24) is 15.2 Å². The van der Waals surface area contributed by atoms with Crippen LogP contribution >= 0.6 is 24.0 Å². The van der Waals surface area contributed by atoms with Gasteiger partial charge in [0.2, 0.25) is 0 Å². The molecule has 1 aromatic rings. The number of nitrogens with zero attached hydrogens (tertiary/aromatic N) is 2. The van der Waals surface area contributed by atoms with Gasteiger partial charge in [0.05, 0.1) is 0 Å². The highest BCUT2D eigenvalue weighted by molar-refractivity contribution is 6.29. The zero-order chi connectivity index (χ0) is 12.3. The highest BCUT2D eigenvalue weighted by Gasteiger charge is 2.28. The van der Waals surface area contributed by atoms with Gasteiger partial charge < -0.3 is 10.4 Å². The van der Waals surface area contributed by atoms with Crippen molar-refractivity contribution in [3.63, 3.8) is 0 Å². The van der Waals surface area contributed by atoms with Crippen molar-refractivity contribution in [3.05, 3.63) is 29.0 Å². The molecular weight excluding hydrogens is 277 g/mol. The van der Waals surface area contributed by atoms with Crippen molar-refractivity contribution in [2.75, 3.05) is 19.6 Å². The van der Waals surface area contributed by atoms with Crippen molar-refractivity contribution in [3.8, 4) is 0 Å². The zero-order valence-corrected chi connectivity index (χ0v) is 11.2. The molecular formula is C11H15Cl2N3O2. The number of carboxylic acid groups (broad SMARTS) is 1. The topological polar surface area (TPSA) is 65.5 Å². The van der Waals surface area contributed by atoms with Gasteiger partial charge in [0.1, 0.15) is 11.2 Å². The summed E-state index contributed by atoms with van der Waals surface area (Å²) in [7, 11) is 0. The van der Waals surface area contributed by atoms with E-state index in [1.807, 2.05) is 11.0 Å². The third kappa shape index (κ3) is 3.81. The fourth-order valence-electron chi connectivity index (χ4n) is 1.91. The first-order valence-corrected chi connectivity index (χ1v) is 5.82. The lowest BCUT2D eigenvalue weighted by Crippen LogP contribution is -2.54. The van der Waals surface area contributed by atoms with Gasteiger partial charge in [0, 0.05) is 32.4 Å². The third-order valence-electron chi connectivity index (χ3n) is 2.81. The standard InChI is InChI=1S/C11H14ClN3O2.ClH/c12-10-2-1-8(5-14-10)7-15-4-3-13-6-9(15)11(16)17;/h1-2,5,9,13H,3-4,6-7H2,(H,16,17);1H. The molecule has 2 rings (SSSR count). The maximum Gasteiger partial charge on any atom is 0.322 e. The summed E-state index contributed by atoms with van der Waals surface area (Å²) in [4.78, 5) is 17.0.